The van der Waals surface area contributed by atoms with Crippen molar-refractivity contribution in [3.63, 3.8) is 0 Å². The van der Waals surface area contributed by atoms with Gasteiger partial charge in [0, 0.05) is 18.2 Å². The van der Waals surface area contributed by atoms with Crippen LogP contribution in [0.4, 0.5) is 4.39 Å². The molecule has 0 atom stereocenters. The van der Waals surface area contributed by atoms with E-state index in [0.717, 1.165) is 24.3 Å². The molecule has 7 nitrogen and oxygen atoms in total. The number of nitrogens with zero attached hydrogens (tertiary/aromatic N) is 5. The molecule has 0 radical (unpaired) electrons. The summed E-state index contributed by atoms with van der Waals surface area (Å²) in [6.45, 7) is 2.12. The molecule has 1 N–H and O–H groups in total. The number of aromatic nitrogens is 6. The Balaban J connectivity index is 1.50. The molecule has 144 valence electrons. The van der Waals surface area contributed by atoms with Gasteiger partial charge < -0.3 is 0 Å². The van der Waals surface area contributed by atoms with Crippen LogP contribution in [0, 0.1) is 5.82 Å². The van der Waals surface area contributed by atoms with E-state index in [2.05, 4.69) is 32.2 Å². The van der Waals surface area contributed by atoms with Gasteiger partial charge in [0.2, 0.25) is 10.1 Å². The fourth-order valence-corrected chi connectivity index (χ4v) is 4.27. The van der Waals surface area contributed by atoms with E-state index in [1.54, 1.807) is 18.2 Å². The molecule has 0 aliphatic heterocycles. The van der Waals surface area contributed by atoms with Gasteiger partial charge in [-0.25, -0.2) is 14.4 Å². The van der Waals surface area contributed by atoms with Crippen molar-refractivity contribution in [2.75, 3.05) is 0 Å². The maximum atomic E-state index is 13.9. The van der Waals surface area contributed by atoms with Crippen LogP contribution in [0.1, 0.15) is 30.5 Å². The number of hydrogen-bond donors (Lipinski definition) is 1. The molecule has 4 aromatic rings. The summed E-state index contributed by atoms with van der Waals surface area (Å²) in [4.78, 5) is 21.7. The summed E-state index contributed by atoms with van der Waals surface area (Å²) >= 11 is 2.77. The Labute approximate surface area is 168 Å². The molecule has 0 unspecified atom stereocenters. The highest BCUT2D eigenvalue weighted by Crippen LogP contribution is 2.23. The van der Waals surface area contributed by atoms with Crippen molar-refractivity contribution in [1.29, 1.82) is 0 Å². The second-order valence-electron chi connectivity index (χ2n) is 6.11. The van der Waals surface area contributed by atoms with Gasteiger partial charge in [0.25, 0.3) is 5.56 Å². The molecule has 0 bridgehead atoms. The summed E-state index contributed by atoms with van der Waals surface area (Å²) in [5.41, 5.74) is 0.809. The van der Waals surface area contributed by atoms with Crippen LogP contribution in [-0.2, 0) is 12.2 Å². The Kier molecular flexibility index (Phi) is 5.49. The lowest BCUT2D eigenvalue weighted by Crippen LogP contribution is -2.15. The molecule has 28 heavy (non-hydrogen) atoms. The van der Waals surface area contributed by atoms with Crippen molar-refractivity contribution in [3.8, 4) is 11.4 Å². The van der Waals surface area contributed by atoms with Crippen molar-refractivity contribution in [2.45, 2.75) is 37.1 Å². The van der Waals surface area contributed by atoms with E-state index in [-0.39, 0.29) is 11.4 Å². The van der Waals surface area contributed by atoms with E-state index in [0.29, 0.717) is 33.0 Å². The van der Waals surface area contributed by atoms with Gasteiger partial charge in [-0.15, -0.1) is 5.10 Å². The Morgan fingerprint density at radius 1 is 1.29 bits per heavy atom. The first-order valence-corrected chi connectivity index (χ1v) is 10.6. The van der Waals surface area contributed by atoms with Crippen LogP contribution in [0.2, 0.25) is 0 Å². The third-order valence-corrected chi connectivity index (χ3v) is 5.88. The van der Waals surface area contributed by atoms with Crippen molar-refractivity contribution in [1.82, 2.24) is 29.8 Å². The van der Waals surface area contributed by atoms with Crippen molar-refractivity contribution < 1.29 is 4.39 Å². The van der Waals surface area contributed by atoms with Gasteiger partial charge in [-0.2, -0.15) is 9.61 Å². The molecule has 0 spiro atoms. The number of halogens is 1. The SMILES string of the molecule is CCCCc1nn2c(=O)cc(CSc3n[nH]c(-c4ccccc4F)n3)nc2s1. The molecule has 0 fully saturated rings. The quantitative estimate of drug-likeness (QED) is 0.462. The number of nitrogens with one attached hydrogen (secondary N) is 1. The molecule has 10 heteroatoms. The highest BCUT2D eigenvalue weighted by molar-refractivity contribution is 7.98. The average molecular weight is 417 g/mol. The van der Waals surface area contributed by atoms with Gasteiger partial charge in [0.15, 0.2) is 5.82 Å². The molecule has 4 rings (SSSR count). The zero-order chi connectivity index (χ0) is 19.5. The number of benzene rings is 1. The third-order valence-electron chi connectivity index (χ3n) is 4.03. The summed E-state index contributed by atoms with van der Waals surface area (Å²) < 4.78 is 15.2. The Morgan fingerprint density at radius 3 is 2.96 bits per heavy atom. The first kappa shape index (κ1) is 18.8. The van der Waals surface area contributed by atoms with E-state index in [1.165, 1.54) is 39.7 Å². The fourth-order valence-electron chi connectivity index (χ4n) is 2.62. The van der Waals surface area contributed by atoms with Crippen LogP contribution in [0.15, 0.2) is 40.3 Å². The first-order valence-electron chi connectivity index (χ1n) is 8.83. The van der Waals surface area contributed by atoms with E-state index in [1.807, 2.05) is 0 Å². The molecule has 3 aromatic heterocycles. The number of thioether (sulfide) groups is 1. The van der Waals surface area contributed by atoms with Crippen LogP contribution in [0.3, 0.4) is 0 Å². The second kappa shape index (κ2) is 8.19. The maximum absolute atomic E-state index is 13.9. The molecule has 0 aliphatic rings. The minimum Gasteiger partial charge on any atom is -0.267 e. The minimum absolute atomic E-state index is 0.193. The monoisotopic (exact) mass is 416 g/mol. The zero-order valence-corrected chi connectivity index (χ0v) is 16.7. The molecule has 0 amide bonds. The fraction of sp³-hybridized carbons (Fsp3) is 0.278. The van der Waals surface area contributed by atoms with E-state index < -0.39 is 0 Å². The topological polar surface area (TPSA) is 88.8 Å². The molecule has 1 aromatic carbocycles. The van der Waals surface area contributed by atoms with Crippen LogP contribution in [0.5, 0.6) is 0 Å². The van der Waals surface area contributed by atoms with Crippen LogP contribution in [-0.4, -0.2) is 29.8 Å². The minimum atomic E-state index is -0.362. The predicted molar refractivity (Wildman–Crippen MR) is 107 cm³/mol. The lowest BCUT2D eigenvalue weighted by Gasteiger charge is -1.98. The Hall–Kier alpha value is -2.59. The van der Waals surface area contributed by atoms with Crippen LogP contribution < -0.4 is 5.56 Å². The number of H-pyrrole nitrogens is 1. The number of aromatic amines is 1. The maximum Gasteiger partial charge on any atom is 0.275 e. The lowest BCUT2D eigenvalue weighted by atomic mass is 10.2. The summed E-state index contributed by atoms with van der Waals surface area (Å²) in [6.07, 6.45) is 2.96. The van der Waals surface area contributed by atoms with Crippen molar-refractivity contribution in [3.05, 3.63) is 57.2 Å². The van der Waals surface area contributed by atoms with Crippen molar-refractivity contribution >= 4 is 28.1 Å². The summed E-state index contributed by atoms with van der Waals surface area (Å²) in [5.74, 6) is 0.439. The van der Waals surface area contributed by atoms with Crippen LogP contribution in [0.25, 0.3) is 16.3 Å². The number of aryl methyl sites for hydroxylation is 1. The zero-order valence-electron chi connectivity index (χ0n) is 15.1. The standard InChI is InChI=1S/C18H17FN6OS2/c1-2-3-8-14-24-25-15(26)9-11(20-18(25)28-14)10-27-17-21-16(22-23-17)12-6-4-5-7-13(12)19/h4-7,9H,2-3,8,10H2,1H3,(H,21,22,23). The van der Waals surface area contributed by atoms with Gasteiger partial charge in [0.05, 0.1) is 11.3 Å². The highest BCUT2D eigenvalue weighted by Gasteiger charge is 2.12. The first-order chi connectivity index (χ1) is 13.6. The van der Waals surface area contributed by atoms with E-state index in [9.17, 15) is 9.18 Å². The molecule has 0 saturated heterocycles. The molecular weight excluding hydrogens is 399 g/mol. The third kappa shape index (κ3) is 3.97. The second-order valence-corrected chi connectivity index (χ2v) is 8.10. The Bertz CT molecular complexity index is 1170. The number of hydrogen-bond acceptors (Lipinski definition) is 7. The Morgan fingerprint density at radius 2 is 2.14 bits per heavy atom. The normalized spacial score (nSPS) is 11.4. The number of fused-ring (bicyclic) bond motifs is 1. The van der Waals surface area contributed by atoms with Gasteiger partial charge in [-0.05, 0) is 18.6 Å². The highest BCUT2D eigenvalue weighted by atomic mass is 32.2. The number of unbranched alkanes of at least 4 members (excludes halogenated alkanes) is 1. The van der Waals surface area contributed by atoms with Crippen LogP contribution >= 0.6 is 23.1 Å². The molecule has 0 saturated carbocycles. The average Bonchev–Trinajstić information content (AvgIpc) is 3.32. The smallest absolute Gasteiger partial charge is 0.267 e. The summed E-state index contributed by atoms with van der Waals surface area (Å²) in [7, 11) is 0. The van der Waals surface area contributed by atoms with Crippen molar-refractivity contribution in [2.24, 2.45) is 0 Å². The number of rotatable bonds is 7. The van der Waals surface area contributed by atoms with Gasteiger partial charge in [-0.1, -0.05) is 48.6 Å². The summed E-state index contributed by atoms with van der Waals surface area (Å²) in [5, 5.41) is 12.6. The lowest BCUT2D eigenvalue weighted by molar-refractivity contribution is 0.630. The van der Waals surface area contributed by atoms with E-state index in [4.69, 9.17) is 0 Å². The molecule has 3 heterocycles. The molecule has 0 aliphatic carbocycles. The van der Waals surface area contributed by atoms with Gasteiger partial charge in [-0.3, -0.25) is 9.89 Å². The van der Waals surface area contributed by atoms with Gasteiger partial charge in [0.1, 0.15) is 10.8 Å². The largest absolute Gasteiger partial charge is 0.275 e. The summed E-state index contributed by atoms with van der Waals surface area (Å²) in [6, 6.07) is 7.86. The predicted octanol–water partition coefficient (Wildman–Crippen LogP) is 3.71. The molecular formula is C18H17FN6OS2. The van der Waals surface area contributed by atoms with Gasteiger partial charge >= 0.3 is 0 Å². The van der Waals surface area contributed by atoms with E-state index >= 15 is 0 Å².